The lowest BCUT2D eigenvalue weighted by molar-refractivity contribution is 0.380. The monoisotopic (exact) mass is 486 g/mol. The third kappa shape index (κ3) is 5.05. The van der Waals surface area contributed by atoms with E-state index < -0.39 is 0 Å². The minimum Gasteiger partial charge on any atom is -0.370 e. The second-order valence-electron chi connectivity index (χ2n) is 6.85. The highest BCUT2D eigenvalue weighted by atomic mass is 127. The van der Waals surface area contributed by atoms with Gasteiger partial charge in [0.05, 0.1) is 0 Å². The maximum atomic E-state index is 13.0. The maximum Gasteiger partial charge on any atom is 0.191 e. The molecule has 4 rings (SSSR count). The number of hydrogen-bond acceptors (Lipinski definition) is 5. The molecule has 1 aliphatic heterocycles. The number of guanidine groups is 1. The number of anilines is 1. The van der Waals surface area contributed by atoms with Crippen LogP contribution in [0.25, 0.3) is 0 Å². The second kappa shape index (κ2) is 8.81. The van der Waals surface area contributed by atoms with Gasteiger partial charge in [-0.15, -0.1) is 29.1 Å². The molecule has 1 saturated heterocycles. The van der Waals surface area contributed by atoms with Crippen molar-refractivity contribution in [1.29, 1.82) is 0 Å². The van der Waals surface area contributed by atoms with Gasteiger partial charge in [-0.1, -0.05) is 0 Å². The smallest absolute Gasteiger partial charge is 0.191 e. The molecule has 0 bridgehead atoms. The van der Waals surface area contributed by atoms with Crippen molar-refractivity contribution in [3.8, 4) is 0 Å². The molecule has 2 N–H and O–H groups in total. The first-order valence-electron chi connectivity index (χ1n) is 8.99. The summed E-state index contributed by atoms with van der Waals surface area (Å²) in [5.41, 5.74) is 7.19. The van der Waals surface area contributed by atoms with Crippen LogP contribution in [0, 0.1) is 11.7 Å². The number of tetrazole rings is 1. The summed E-state index contributed by atoms with van der Waals surface area (Å²) in [6, 6.07) is 6.59. The van der Waals surface area contributed by atoms with Crippen molar-refractivity contribution in [2.45, 2.75) is 25.9 Å². The minimum absolute atomic E-state index is 0. The largest absolute Gasteiger partial charge is 0.370 e. The molecule has 0 radical (unpaired) electrons. The van der Waals surface area contributed by atoms with E-state index in [1.165, 1.54) is 25.0 Å². The number of aliphatic imine (C=N–C) groups is 1. The SMILES string of the molecule is I.NC(=NCc1nnnn1CC1CC1)N1CCN(c2ccc(F)cc2)CC1. The van der Waals surface area contributed by atoms with Crippen LogP contribution in [0.3, 0.4) is 0 Å². The van der Waals surface area contributed by atoms with Crippen LogP contribution >= 0.6 is 24.0 Å². The Balaban J connectivity index is 0.00000210. The molecule has 1 aromatic carbocycles. The van der Waals surface area contributed by atoms with Crippen molar-refractivity contribution in [1.82, 2.24) is 25.1 Å². The standard InChI is InChI=1S/C17H23FN8.HI/c18-14-3-5-15(6-4-14)24-7-9-25(10-8-24)17(19)20-11-16-21-22-23-26(16)12-13-1-2-13;/h3-6,13H,1-2,7-12H2,(H2,19,20);1H. The van der Waals surface area contributed by atoms with E-state index in [0.29, 0.717) is 18.4 Å². The predicted molar refractivity (Wildman–Crippen MR) is 111 cm³/mol. The van der Waals surface area contributed by atoms with Crippen LogP contribution in [0.4, 0.5) is 10.1 Å². The fraction of sp³-hybridized carbons (Fsp3) is 0.529. The van der Waals surface area contributed by atoms with Gasteiger partial charge in [-0.25, -0.2) is 14.1 Å². The zero-order chi connectivity index (χ0) is 17.9. The van der Waals surface area contributed by atoms with Crippen molar-refractivity contribution < 1.29 is 4.39 Å². The van der Waals surface area contributed by atoms with Crippen LogP contribution in [0.15, 0.2) is 29.3 Å². The van der Waals surface area contributed by atoms with Gasteiger partial charge in [-0.05, 0) is 53.5 Å². The van der Waals surface area contributed by atoms with Gasteiger partial charge in [-0.2, -0.15) is 0 Å². The summed E-state index contributed by atoms with van der Waals surface area (Å²) in [5.74, 6) is 1.76. The molecule has 146 valence electrons. The van der Waals surface area contributed by atoms with Crippen LogP contribution < -0.4 is 10.6 Å². The van der Waals surface area contributed by atoms with Gasteiger partial charge < -0.3 is 15.5 Å². The number of hydrogen-bond donors (Lipinski definition) is 1. The van der Waals surface area contributed by atoms with Gasteiger partial charge in [0.25, 0.3) is 0 Å². The third-order valence-corrected chi connectivity index (χ3v) is 4.91. The molecule has 10 heteroatoms. The lowest BCUT2D eigenvalue weighted by Crippen LogP contribution is -2.51. The number of nitrogens with two attached hydrogens (primary N) is 1. The Labute approximate surface area is 174 Å². The van der Waals surface area contributed by atoms with E-state index in [2.05, 4.69) is 30.3 Å². The fourth-order valence-electron chi connectivity index (χ4n) is 3.12. The molecule has 2 aromatic rings. The first-order chi connectivity index (χ1) is 12.7. The van der Waals surface area contributed by atoms with Crippen molar-refractivity contribution in [3.05, 3.63) is 35.9 Å². The Bertz CT molecular complexity index is 765. The van der Waals surface area contributed by atoms with E-state index in [4.69, 9.17) is 5.73 Å². The highest BCUT2D eigenvalue weighted by Gasteiger charge is 2.24. The molecule has 2 heterocycles. The normalized spacial score (nSPS) is 17.7. The number of benzene rings is 1. The molecular weight excluding hydrogens is 462 g/mol. The molecule has 2 aliphatic rings. The van der Waals surface area contributed by atoms with Gasteiger partial charge in [0.1, 0.15) is 12.4 Å². The summed E-state index contributed by atoms with van der Waals surface area (Å²) in [5, 5.41) is 11.8. The molecule has 1 saturated carbocycles. The average molecular weight is 486 g/mol. The zero-order valence-corrected chi connectivity index (χ0v) is 17.4. The van der Waals surface area contributed by atoms with Gasteiger partial charge in [0, 0.05) is 38.4 Å². The summed E-state index contributed by atoms with van der Waals surface area (Å²) in [6.45, 7) is 4.46. The number of rotatable bonds is 5. The Kier molecular flexibility index (Phi) is 6.45. The van der Waals surface area contributed by atoms with Gasteiger partial charge in [0.15, 0.2) is 11.8 Å². The third-order valence-electron chi connectivity index (χ3n) is 4.91. The summed E-state index contributed by atoms with van der Waals surface area (Å²) in [4.78, 5) is 8.76. The minimum atomic E-state index is -0.215. The van der Waals surface area contributed by atoms with Crippen molar-refractivity contribution >= 4 is 35.6 Å². The fourth-order valence-corrected chi connectivity index (χ4v) is 3.12. The molecule has 0 amide bonds. The van der Waals surface area contributed by atoms with Gasteiger partial charge in [0.2, 0.25) is 0 Å². The highest BCUT2D eigenvalue weighted by Crippen LogP contribution is 2.30. The molecule has 1 aliphatic carbocycles. The molecule has 2 fully saturated rings. The van der Waals surface area contributed by atoms with E-state index in [0.717, 1.165) is 44.2 Å². The topological polar surface area (TPSA) is 88.5 Å². The Morgan fingerprint density at radius 3 is 2.52 bits per heavy atom. The Morgan fingerprint density at radius 1 is 1.15 bits per heavy atom. The van der Waals surface area contributed by atoms with Gasteiger partial charge >= 0.3 is 0 Å². The first-order valence-corrected chi connectivity index (χ1v) is 8.99. The van der Waals surface area contributed by atoms with Crippen molar-refractivity contribution in [3.63, 3.8) is 0 Å². The van der Waals surface area contributed by atoms with Gasteiger partial charge in [-0.3, -0.25) is 0 Å². The van der Waals surface area contributed by atoms with E-state index in [9.17, 15) is 4.39 Å². The quantitative estimate of drug-likeness (QED) is 0.392. The molecule has 1 aromatic heterocycles. The number of nitrogens with zero attached hydrogens (tertiary/aromatic N) is 7. The highest BCUT2D eigenvalue weighted by molar-refractivity contribution is 14.0. The molecule has 27 heavy (non-hydrogen) atoms. The van der Waals surface area contributed by atoms with Crippen molar-refractivity contribution in [2.24, 2.45) is 16.6 Å². The van der Waals surface area contributed by atoms with Crippen LogP contribution in [-0.2, 0) is 13.1 Å². The summed E-state index contributed by atoms with van der Waals surface area (Å²) in [6.07, 6.45) is 2.51. The van der Waals surface area contributed by atoms with Crippen molar-refractivity contribution in [2.75, 3.05) is 31.1 Å². The van der Waals surface area contributed by atoms with Crippen LogP contribution in [0.1, 0.15) is 18.7 Å². The Hall–Kier alpha value is -1.98. The van der Waals surface area contributed by atoms with E-state index >= 15 is 0 Å². The summed E-state index contributed by atoms with van der Waals surface area (Å²) in [7, 11) is 0. The average Bonchev–Trinajstić information content (AvgIpc) is 3.37. The molecule has 0 atom stereocenters. The molecule has 0 spiro atoms. The van der Waals surface area contributed by atoms with E-state index in [1.807, 2.05) is 16.8 Å². The molecule has 0 unspecified atom stereocenters. The Morgan fingerprint density at radius 2 is 1.85 bits per heavy atom. The van der Waals surface area contributed by atoms with E-state index in [-0.39, 0.29) is 29.8 Å². The van der Waals surface area contributed by atoms with Crippen LogP contribution in [-0.4, -0.2) is 57.2 Å². The predicted octanol–water partition coefficient (Wildman–Crippen LogP) is 1.48. The lowest BCUT2D eigenvalue weighted by Gasteiger charge is -2.36. The summed E-state index contributed by atoms with van der Waals surface area (Å²) >= 11 is 0. The summed E-state index contributed by atoms with van der Waals surface area (Å²) < 4.78 is 14.9. The number of aromatic nitrogens is 4. The first kappa shape index (κ1) is 19.8. The van der Waals surface area contributed by atoms with E-state index in [1.54, 1.807) is 0 Å². The van der Waals surface area contributed by atoms with Crippen LogP contribution in [0.2, 0.25) is 0 Å². The lowest BCUT2D eigenvalue weighted by atomic mass is 10.2. The molecule has 8 nitrogen and oxygen atoms in total. The second-order valence-corrected chi connectivity index (χ2v) is 6.85. The molecular formula is C17H24FIN8. The zero-order valence-electron chi connectivity index (χ0n) is 15.0. The van der Waals surface area contributed by atoms with Crippen LogP contribution in [0.5, 0.6) is 0 Å². The number of halogens is 2. The maximum absolute atomic E-state index is 13.0. The number of piperazine rings is 1.